The Kier molecular flexibility index (Phi) is 6.22. The highest BCUT2D eigenvalue weighted by Crippen LogP contribution is 2.58. The van der Waals surface area contributed by atoms with Crippen LogP contribution < -0.4 is 0 Å². The second kappa shape index (κ2) is 6.70. The van der Waals surface area contributed by atoms with Crippen LogP contribution in [0.2, 0.25) is 0 Å². The van der Waals surface area contributed by atoms with Crippen molar-refractivity contribution in [3.8, 4) is 0 Å². The zero-order valence-corrected chi connectivity index (χ0v) is 10.9. The quantitative estimate of drug-likeness (QED) is 0.230. The van der Waals surface area contributed by atoms with Crippen molar-refractivity contribution in [2.45, 2.75) is 29.8 Å². The van der Waals surface area contributed by atoms with Crippen LogP contribution in [0.3, 0.4) is 0 Å². The zero-order valence-electron chi connectivity index (χ0n) is 10.9. The maximum absolute atomic E-state index is 13.1. The van der Waals surface area contributed by atoms with E-state index in [0.29, 0.717) is 5.21 Å². The van der Waals surface area contributed by atoms with E-state index in [0.717, 1.165) is 0 Å². The Labute approximate surface area is 130 Å². The van der Waals surface area contributed by atoms with Crippen molar-refractivity contribution in [2.75, 3.05) is 0 Å². The van der Waals surface area contributed by atoms with E-state index in [9.17, 15) is 66.4 Å². The first-order valence-corrected chi connectivity index (χ1v) is 5.06. The Morgan fingerprint density at radius 3 is 1.35 bits per heavy atom. The number of nitrogens with zero attached hydrogens (tertiary/aromatic N) is 4. The molecule has 0 radical (unpaired) electrons. The van der Waals surface area contributed by atoms with E-state index < -0.39 is 51.6 Å². The van der Waals surface area contributed by atoms with Crippen LogP contribution in [0.25, 0.3) is 0 Å². The number of halogens is 15. The molecule has 0 aliphatic carbocycles. The van der Waals surface area contributed by atoms with Crippen molar-refractivity contribution >= 4 is 5.96 Å². The standard InChI is InChI=1S/C6HF15N4O/c7-2(8,4(11,25(20)21)6(14,15)26)3(9,10)5(12,13)23(17)1(22-16)24(18)19/h26H/t4-/m0/s1. The SMILES string of the molecule is OC(F)(F)[C@@](F)(N(F)F)C(F)(F)C(F)(F)C(F)(F)N(F)C(=NF)N(F)F. The first kappa shape index (κ1) is 24.1. The number of hydrogen-bond donors (Lipinski definition) is 1. The van der Waals surface area contributed by atoms with Gasteiger partial charge in [0.1, 0.15) is 0 Å². The van der Waals surface area contributed by atoms with Crippen molar-refractivity contribution in [3.05, 3.63) is 0 Å². The summed E-state index contributed by atoms with van der Waals surface area (Å²) in [4.78, 5) is 0. The molecule has 0 unspecified atom stereocenters. The van der Waals surface area contributed by atoms with E-state index in [1.165, 1.54) is 0 Å². The lowest BCUT2D eigenvalue weighted by atomic mass is 9.98. The average Bonchev–Trinajstić information content (AvgIpc) is 2.44. The molecule has 0 aromatic heterocycles. The van der Waals surface area contributed by atoms with Crippen LogP contribution in [-0.4, -0.2) is 56.7 Å². The summed E-state index contributed by atoms with van der Waals surface area (Å²) in [5, 5.41) is -2.81. The molecule has 0 aliphatic heterocycles. The number of guanidine groups is 1. The Morgan fingerprint density at radius 1 is 0.731 bits per heavy atom. The lowest BCUT2D eigenvalue weighted by Gasteiger charge is -2.41. The third-order valence-corrected chi connectivity index (χ3v) is 2.47. The van der Waals surface area contributed by atoms with E-state index >= 15 is 0 Å². The third kappa shape index (κ3) is 3.14. The largest absolute Gasteiger partial charge is 0.423 e. The fourth-order valence-electron chi connectivity index (χ4n) is 1.17. The lowest BCUT2D eigenvalue weighted by molar-refractivity contribution is -0.494. The number of aliphatic hydroxyl groups is 1. The van der Waals surface area contributed by atoms with E-state index in [4.69, 9.17) is 5.11 Å². The minimum Gasteiger partial charge on any atom is -0.332 e. The molecule has 1 N–H and O–H groups in total. The molecule has 0 aromatic carbocycles. The predicted octanol–water partition coefficient (Wildman–Crippen LogP) is 3.67. The molecule has 0 amide bonds. The monoisotopic (exact) mass is 430 g/mol. The van der Waals surface area contributed by atoms with E-state index in [1.807, 2.05) is 0 Å². The molecule has 156 valence electrons. The van der Waals surface area contributed by atoms with Crippen LogP contribution in [0, 0.1) is 0 Å². The van der Waals surface area contributed by atoms with Gasteiger partial charge >= 0.3 is 35.8 Å². The van der Waals surface area contributed by atoms with Gasteiger partial charge in [-0.15, -0.1) is 0 Å². The fourth-order valence-corrected chi connectivity index (χ4v) is 1.17. The molecule has 0 aromatic rings. The van der Waals surface area contributed by atoms with Crippen LogP contribution in [0.1, 0.15) is 0 Å². The summed E-state index contributed by atoms with van der Waals surface area (Å²) in [6.07, 6.45) is -7.20. The molecule has 0 saturated carbocycles. The number of rotatable bonds is 6. The predicted molar refractivity (Wildman–Crippen MR) is 45.4 cm³/mol. The van der Waals surface area contributed by atoms with Gasteiger partial charge in [0.15, 0.2) is 0 Å². The van der Waals surface area contributed by atoms with Gasteiger partial charge in [0.2, 0.25) is 0 Å². The normalized spacial score (nSPS) is 17.3. The van der Waals surface area contributed by atoms with E-state index in [1.54, 1.807) is 0 Å². The van der Waals surface area contributed by atoms with Crippen LogP contribution in [-0.2, 0) is 0 Å². The highest BCUT2D eigenvalue weighted by atomic mass is 19.4. The summed E-state index contributed by atoms with van der Waals surface area (Å²) in [6, 6.07) is -7.60. The Bertz CT molecular complexity index is 531. The van der Waals surface area contributed by atoms with Crippen molar-refractivity contribution < 1.29 is 71.5 Å². The highest BCUT2D eigenvalue weighted by Gasteiger charge is 2.90. The number of alkyl halides is 9. The Balaban J connectivity index is 6.51. The molecule has 20 heteroatoms. The summed E-state index contributed by atoms with van der Waals surface area (Å²) >= 11 is 0. The molecule has 0 aliphatic rings. The van der Waals surface area contributed by atoms with Crippen molar-refractivity contribution in [2.24, 2.45) is 5.21 Å². The van der Waals surface area contributed by atoms with Crippen LogP contribution in [0.5, 0.6) is 0 Å². The minimum absolute atomic E-state index is 0.431. The molecule has 1 atom stereocenters. The molecule has 0 fully saturated rings. The van der Waals surface area contributed by atoms with Gasteiger partial charge < -0.3 is 5.11 Å². The van der Waals surface area contributed by atoms with Crippen LogP contribution in [0.4, 0.5) is 66.4 Å². The molecule has 26 heavy (non-hydrogen) atoms. The van der Waals surface area contributed by atoms with Gasteiger partial charge in [-0.05, 0) is 5.21 Å². The highest BCUT2D eigenvalue weighted by molar-refractivity contribution is 5.76. The summed E-state index contributed by atoms with van der Waals surface area (Å²) < 4.78 is 188. The van der Waals surface area contributed by atoms with Crippen LogP contribution in [0.15, 0.2) is 5.21 Å². The maximum atomic E-state index is 13.1. The fraction of sp³-hybridized carbons (Fsp3) is 0.833. The van der Waals surface area contributed by atoms with E-state index in [2.05, 4.69) is 0 Å². The third-order valence-electron chi connectivity index (χ3n) is 2.47. The smallest absolute Gasteiger partial charge is 0.332 e. The molecule has 0 saturated heterocycles. The van der Waals surface area contributed by atoms with Crippen molar-refractivity contribution in [3.63, 3.8) is 0 Å². The molecule has 0 heterocycles. The van der Waals surface area contributed by atoms with Crippen molar-refractivity contribution in [1.82, 2.24) is 15.8 Å². The second-order valence-corrected chi connectivity index (χ2v) is 3.98. The summed E-state index contributed by atoms with van der Waals surface area (Å²) in [6.45, 7) is 0. The molecule has 0 bridgehead atoms. The van der Waals surface area contributed by atoms with Gasteiger partial charge in [0.25, 0.3) is 0 Å². The second-order valence-electron chi connectivity index (χ2n) is 3.98. The zero-order chi connectivity index (χ0) is 21.5. The molecule has 0 spiro atoms. The summed E-state index contributed by atoms with van der Waals surface area (Å²) in [5.41, 5.74) is 0. The number of hydrogen-bond acceptors (Lipinski definition) is 3. The van der Waals surface area contributed by atoms with Crippen LogP contribution >= 0.6 is 0 Å². The first-order chi connectivity index (χ1) is 11.2. The Morgan fingerprint density at radius 2 is 1.12 bits per heavy atom. The van der Waals surface area contributed by atoms with Gasteiger partial charge in [0, 0.05) is 5.34 Å². The van der Waals surface area contributed by atoms with E-state index in [-0.39, 0.29) is 0 Å². The summed E-state index contributed by atoms with van der Waals surface area (Å²) in [7, 11) is 0. The van der Waals surface area contributed by atoms with Gasteiger partial charge in [-0.3, -0.25) is 0 Å². The summed E-state index contributed by atoms with van der Waals surface area (Å²) in [5.74, 6) is -27.6. The van der Waals surface area contributed by atoms with Crippen molar-refractivity contribution in [1.29, 1.82) is 0 Å². The topological polar surface area (TPSA) is 42.3 Å². The molecular formula is C6HF15N4O. The maximum Gasteiger partial charge on any atom is 0.423 e. The van der Waals surface area contributed by atoms with Gasteiger partial charge in [0.05, 0.1) is 5.34 Å². The molecular weight excluding hydrogens is 429 g/mol. The average molecular weight is 430 g/mol. The van der Waals surface area contributed by atoms with Gasteiger partial charge in [-0.25, -0.2) is 4.39 Å². The molecule has 0 rings (SSSR count). The molecule has 5 nitrogen and oxygen atoms in total. The van der Waals surface area contributed by atoms with Gasteiger partial charge in [-0.1, -0.05) is 32.0 Å². The first-order valence-electron chi connectivity index (χ1n) is 5.06. The lowest BCUT2D eigenvalue weighted by Crippen LogP contribution is -2.74. The minimum atomic E-state index is -8.10. The Hall–Kier alpha value is -1.86. The van der Waals surface area contributed by atoms with Gasteiger partial charge in [-0.2, -0.15) is 35.1 Å².